The molecule has 1 amide bonds. The molecule has 0 atom stereocenters. The van der Waals surface area contributed by atoms with Crippen molar-refractivity contribution in [2.24, 2.45) is 0 Å². The molecule has 0 N–H and O–H groups in total. The molecule has 0 saturated carbocycles. The Balaban J connectivity index is 1.80. The summed E-state index contributed by atoms with van der Waals surface area (Å²) in [5.74, 6) is 1.17. The van der Waals surface area contributed by atoms with Crippen LogP contribution in [-0.4, -0.2) is 35.4 Å². The number of hydrogen-bond donors (Lipinski definition) is 0. The van der Waals surface area contributed by atoms with Gasteiger partial charge in [-0.3, -0.25) is 9.69 Å². The Morgan fingerprint density at radius 1 is 1.38 bits per heavy atom. The molecule has 1 saturated heterocycles. The summed E-state index contributed by atoms with van der Waals surface area (Å²) in [6, 6.07) is 11.1. The smallest absolute Gasteiger partial charge is 0.266 e. The van der Waals surface area contributed by atoms with Gasteiger partial charge in [-0.15, -0.1) is 0 Å². The summed E-state index contributed by atoms with van der Waals surface area (Å²) in [4.78, 5) is 14.5. The van der Waals surface area contributed by atoms with E-state index in [9.17, 15) is 4.79 Å². The SMILES string of the molecule is COCCN1C(=O)/C(=C\c2ccc(-c3cccc(Cl)c3)o2)SC1=S. The van der Waals surface area contributed by atoms with Crippen LogP contribution in [0.15, 0.2) is 45.7 Å². The predicted molar refractivity (Wildman–Crippen MR) is 101 cm³/mol. The van der Waals surface area contributed by atoms with Crippen molar-refractivity contribution in [3.63, 3.8) is 0 Å². The standard InChI is InChI=1S/C17H14ClNO3S2/c1-21-8-7-19-16(20)15(24-17(19)23)10-13-5-6-14(22-13)11-3-2-4-12(18)9-11/h2-6,9-10H,7-8H2,1H3/b15-10+. The zero-order valence-electron chi connectivity index (χ0n) is 12.8. The van der Waals surface area contributed by atoms with Crippen LogP contribution in [0.25, 0.3) is 17.4 Å². The molecule has 124 valence electrons. The van der Waals surface area contributed by atoms with Gasteiger partial charge < -0.3 is 9.15 Å². The number of rotatable bonds is 5. The van der Waals surface area contributed by atoms with E-state index in [0.29, 0.717) is 38.9 Å². The number of carbonyl (C=O) groups is 1. The molecule has 0 radical (unpaired) electrons. The zero-order chi connectivity index (χ0) is 17.1. The van der Waals surface area contributed by atoms with E-state index < -0.39 is 0 Å². The fourth-order valence-corrected chi connectivity index (χ4v) is 3.71. The maximum absolute atomic E-state index is 12.4. The molecule has 1 aromatic carbocycles. The van der Waals surface area contributed by atoms with Crippen molar-refractivity contribution in [1.82, 2.24) is 4.90 Å². The van der Waals surface area contributed by atoms with Crippen molar-refractivity contribution in [3.8, 4) is 11.3 Å². The maximum Gasteiger partial charge on any atom is 0.266 e. The highest BCUT2D eigenvalue weighted by Gasteiger charge is 2.31. The highest BCUT2D eigenvalue weighted by molar-refractivity contribution is 8.26. The third-order valence-electron chi connectivity index (χ3n) is 3.40. The number of carbonyl (C=O) groups excluding carboxylic acids is 1. The quantitative estimate of drug-likeness (QED) is 0.567. The molecule has 3 rings (SSSR count). The van der Waals surface area contributed by atoms with E-state index in [1.165, 1.54) is 16.7 Å². The van der Waals surface area contributed by atoms with E-state index in [0.717, 1.165) is 5.56 Å². The molecule has 0 spiro atoms. The van der Waals surface area contributed by atoms with Crippen molar-refractivity contribution in [1.29, 1.82) is 0 Å². The van der Waals surface area contributed by atoms with Crippen LogP contribution in [0.3, 0.4) is 0 Å². The van der Waals surface area contributed by atoms with Crippen molar-refractivity contribution < 1.29 is 13.9 Å². The van der Waals surface area contributed by atoms with Crippen molar-refractivity contribution in [3.05, 3.63) is 52.1 Å². The van der Waals surface area contributed by atoms with Gasteiger partial charge >= 0.3 is 0 Å². The van der Waals surface area contributed by atoms with Gasteiger partial charge in [-0.25, -0.2) is 0 Å². The Kier molecular flexibility index (Phi) is 5.40. The summed E-state index contributed by atoms with van der Waals surface area (Å²) >= 11 is 12.5. The molecule has 0 unspecified atom stereocenters. The first kappa shape index (κ1) is 17.2. The third-order valence-corrected chi connectivity index (χ3v) is 5.01. The van der Waals surface area contributed by atoms with E-state index in [1.54, 1.807) is 19.3 Å². The molecule has 1 fully saturated rings. The topological polar surface area (TPSA) is 42.7 Å². The molecule has 2 aromatic rings. The Hall–Kier alpha value is -1.60. The van der Waals surface area contributed by atoms with Gasteiger partial charge in [-0.1, -0.05) is 47.7 Å². The minimum atomic E-state index is -0.122. The molecule has 1 aliphatic heterocycles. The second-order valence-electron chi connectivity index (χ2n) is 5.04. The molecule has 1 aromatic heterocycles. The fourth-order valence-electron chi connectivity index (χ4n) is 2.23. The minimum absolute atomic E-state index is 0.122. The molecular weight excluding hydrogens is 366 g/mol. The van der Waals surface area contributed by atoms with Crippen LogP contribution in [0.2, 0.25) is 5.02 Å². The van der Waals surface area contributed by atoms with Gasteiger partial charge in [-0.2, -0.15) is 0 Å². The number of ether oxygens (including phenoxy) is 1. The molecule has 2 heterocycles. The largest absolute Gasteiger partial charge is 0.457 e. The molecular formula is C17H14ClNO3S2. The minimum Gasteiger partial charge on any atom is -0.457 e. The number of hydrogen-bond acceptors (Lipinski definition) is 5. The van der Waals surface area contributed by atoms with E-state index in [4.69, 9.17) is 33.0 Å². The predicted octanol–water partition coefficient (Wildman–Crippen LogP) is 4.45. The molecule has 24 heavy (non-hydrogen) atoms. The van der Waals surface area contributed by atoms with Crippen molar-refractivity contribution in [2.75, 3.05) is 20.3 Å². The first-order valence-electron chi connectivity index (χ1n) is 7.18. The lowest BCUT2D eigenvalue weighted by Gasteiger charge is -2.12. The first-order valence-corrected chi connectivity index (χ1v) is 8.79. The van der Waals surface area contributed by atoms with Gasteiger partial charge in [0, 0.05) is 23.8 Å². The van der Waals surface area contributed by atoms with Crippen LogP contribution in [0.4, 0.5) is 0 Å². The van der Waals surface area contributed by atoms with Gasteiger partial charge in [0.15, 0.2) is 0 Å². The summed E-state index contributed by atoms with van der Waals surface area (Å²) in [5, 5.41) is 0.643. The van der Waals surface area contributed by atoms with Crippen molar-refractivity contribution in [2.45, 2.75) is 0 Å². The molecule has 0 bridgehead atoms. The van der Waals surface area contributed by atoms with Crippen LogP contribution >= 0.6 is 35.6 Å². The van der Waals surface area contributed by atoms with E-state index in [1.807, 2.05) is 30.3 Å². The molecule has 7 heteroatoms. The number of thioether (sulfide) groups is 1. The lowest BCUT2D eigenvalue weighted by Crippen LogP contribution is -2.31. The van der Waals surface area contributed by atoms with Crippen LogP contribution in [0, 0.1) is 0 Å². The van der Waals surface area contributed by atoms with E-state index >= 15 is 0 Å². The van der Waals surface area contributed by atoms with E-state index in [-0.39, 0.29) is 5.91 Å². The Bertz CT molecular complexity index is 816. The molecule has 1 aliphatic rings. The highest BCUT2D eigenvalue weighted by Crippen LogP contribution is 2.33. The second-order valence-corrected chi connectivity index (χ2v) is 7.15. The van der Waals surface area contributed by atoms with Gasteiger partial charge in [0.05, 0.1) is 18.1 Å². The normalized spacial score (nSPS) is 16.4. The summed E-state index contributed by atoms with van der Waals surface area (Å²) in [6.07, 6.45) is 1.71. The van der Waals surface area contributed by atoms with Gasteiger partial charge in [0.25, 0.3) is 5.91 Å². The number of methoxy groups -OCH3 is 1. The fraction of sp³-hybridized carbons (Fsp3) is 0.176. The second kappa shape index (κ2) is 7.53. The summed E-state index contributed by atoms with van der Waals surface area (Å²) in [7, 11) is 1.59. The maximum atomic E-state index is 12.4. The number of benzene rings is 1. The number of amides is 1. The summed E-state index contributed by atoms with van der Waals surface area (Å²) in [6.45, 7) is 0.893. The van der Waals surface area contributed by atoms with E-state index in [2.05, 4.69) is 0 Å². The molecule has 4 nitrogen and oxygen atoms in total. The van der Waals surface area contributed by atoms with Crippen LogP contribution < -0.4 is 0 Å². The van der Waals surface area contributed by atoms with Crippen LogP contribution in [-0.2, 0) is 9.53 Å². The zero-order valence-corrected chi connectivity index (χ0v) is 15.2. The van der Waals surface area contributed by atoms with Crippen LogP contribution in [0.1, 0.15) is 5.76 Å². The Morgan fingerprint density at radius 3 is 2.96 bits per heavy atom. The number of halogens is 1. The Morgan fingerprint density at radius 2 is 2.21 bits per heavy atom. The lowest BCUT2D eigenvalue weighted by atomic mass is 10.2. The van der Waals surface area contributed by atoms with Gasteiger partial charge in [0.2, 0.25) is 0 Å². The molecule has 0 aliphatic carbocycles. The Labute approximate surface area is 154 Å². The number of thiocarbonyl (C=S) groups is 1. The average molecular weight is 380 g/mol. The first-order chi connectivity index (χ1) is 11.6. The number of nitrogens with zero attached hydrogens (tertiary/aromatic N) is 1. The highest BCUT2D eigenvalue weighted by atomic mass is 35.5. The summed E-state index contributed by atoms with van der Waals surface area (Å²) < 4.78 is 11.3. The summed E-state index contributed by atoms with van der Waals surface area (Å²) in [5.41, 5.74) is 0.884. The average Bonchev–Trinajstić information content (AvgIpc) is 3.12. The van der Waals surface area contributed by atoms with Gasteiger partial charge in [-0.05, 0) is 24.3 Å². The number of furan rings is 1. The third kappa shape index (κ3) is 3.72. The lowest BCUT2D eigenvalue weighted by molar-refractivity contribution is -0.122. The van der Waals surface area contributed by atoms with Crippen LogP contribution in [0.5, 0.6) is 0 Å². The van der Waals surface area contributed by atoms with Gasteiger partial charge in [0.1, 0.15) is 15.8 Å². The monoisotopic (exact) mass is 379 g/mol. The van der Waals surface area contributed by atoms with Crippen molar-refractivity contribution >= 4 is 51.9 Å².